The fraction of sp³-hybridized carbons (Fsp3) is 0.333. The van der Waals surface area contributed by atoms with E-state index >= 15 is 0 Å². The van der Waals surface area contributed by atoms with E-state index in [-0.39, 0.29) is 11.2 Å². The van der Waals surface area contributed by atoms with Gasteiger partial charge in [-0.2, -0.15) is 4.68 Å². The smallest absolute Gasteiger partial charge is 0.237 e. The van der Waals surface area contributed by atoms with Gasteiger partial charge in [-0.1, -0.05) is 23.9 Å². The Balaban J connectivity index is 1.46. The van der Waals surface area contributed by atoms with Crippen molar-refractivity contribution in [3.63, 3.8) is 0 Å². The van der Waals surface area contributed by atoms with Crippen molar-refractivity contribution in [2.24, 2.45) is 0 Å². The third-order valence-corrected chi connectivity index (χ3v) is 6.23. The molecular formula is C21H23N5OS. The molecule has 0 bridgehead atoms. The Labute approximate surface area is 168 Å². The lowest BCUT2D eigenvalue weighted by molar-refractivity contribution is -0.115. The maximum atomic E-state index is 12.7. The maximum Gasteiger partial charge on any atom is 0.237 e. The summed E-state index contributed by atoms with van der Waals surface area (Å²) in [7, 11) is 0. The monoisotopic (exact) mass is 393 g/mol. The first-order valence-electron chi connectivity index (χ1n) is 9.46. The highest BCUT2D eigenvalue weighted by Crippen LogP contribution is 2.27. The minimum Gasteiger partial charge on any atom is -0.325 e. The van der Waals surface area contributed by atoms with Crippen LogP contribution in [0.4, 0.5) is 5.69 Å². The highest BCUT2D eigenvalue weighted by atomic mass is 32.2. The number of hydrogen-bond acceptors (Lipinski definition) is 5. The molecule has 0 fully saturated rings. The number of nitrogens with one attached hydrogen (secondary N) is 1. The van der Waals surface area contributed by atoms with Crippen molar-refractivity contribution in [2.45, 2.75) is 50.4 Å². The Morgan fingerprint density at radius 2 is 1.93 bits per heavy atom. The highest BCUT2D eigenvalue weighted by molar-refractivity contribution is 8.00. The van der Waals surface area contributed by atoms with Crippen LogP contribution >= 0.6 is 11.8 Å². The molecule has 7 heteroatoms. The molecule has 6 nitrogen and oxygen atoms in total. The van der Waals surface area contributed by atoms with E-state index in [0.29, 0.717) is 5.16 Å². The molecule has 0 saturated carbocycles. The van der Waals surface area contributed by atoms with E-state index < -0.39 is 0 Å². The number of rotatable bonds is 5. The van der Waals surface area contributed by atoms with Crippen molar-refractivity contribution in [1.82, 2.24) is 20.2 Å². The topological polar surface area (TPSA) is 72.7 Å². The summed E-state index contributed by atoms with van der Waals surface area (Å²) in [5, 5.41) is 15.3. The van der Waals surface area contributed by atoms with Crippen LogP contribution in [0.3, 0.4) is 0 Å². The molecular weight excluding hydrogens is 370 g/mol. The minimum atomic E-state index is -0.329. The Hall–Kier alpha value is -2.67. The molecule has 4 rings (SSSR count). The summed E-state index contributed by atoms with van der Waals surface area (Å²) in [6, 6.07) is 12.3. The van der Waals surface area contributed by atoms with Gasteiger partial charge in [0.2, 0.25) is 11.1 Å². The number of carbonyl (C=O) groups is 1. The summed E-state index contributed by atoms with van der Waals surface area (Å²) in [6.07, 6.45) is 3.42. The van der Waals surface area contributed by atoms with Crippen molar-refractivity contribution in [2.75, 3.05) is 5.32 Å². The Bertz CT molecular complexity index is 1030. The average Bonchev–Trinajstić information content (AvgIpc) is 3.32. The first kappa shape index (κ1) is 18.7. The minimum absolute atomic E-state index is 0.0578. The van der Waals surface area contributed by atoms with Crippen LogP contribution in [0.2, 0.25) is 0 Å². The standard InChI is InChI=1S/C21H23N5OS/c1-13-7-10-19(11-14(13)2)26-21(23-24-25-26)28-15(3)20(27)22-18-9-8-16-5-4-6-17(16)12-18/h7-12,15H,4-6H2,1-3H3,(H,22,27)/t15-/m1/s1. The number of aryl methyl sites for hydroxylation is 4. The maximum absolute atomic E-state index is 12.7. The summed E-state index contributed by atoms with van der Waals surface area (Å²) in [5.74, 6) is -0.0578. The van der Waals surface area contributed by atoms with E-state index in [0.717, 1.165) is 24.2 Å². The molecule has 1 aromatic heterocycles. The molecule has 0 spiro atoms. The van der Waals surface area contributed by atoms with Gasteiger partial charge in [0.05, 0.1) is 10.9 Å². The van der Waals surface area contributed by atoms with E-state index in [1.54, 1.807) is 4.68 Å². The van der Waals surface area contributed by atoms with Crippen LogP contribution in [0.15, 0.2) is 41.6 Å². The number of amides is 1. The molecule has 1 amide bonds. The molecule has 144 valence electrons. The van der Waals surface area contributed by atoms with Crippen LogP contribution in [0.25, 0.3) is 5.69 Å². The summed E-state index contributed by atoms with van der Waals surface area (Å²) in [4.78, 5) is 12.7. The summed E-state index contributed by atoms with van der Waals surface area (Å²) >= 11 is 1.35. The number of hydrogen-bond donors (Lipinski definition) is 1. The summed E-state index contributed by atoms with van der Waals surface area (Å²) in [5.41, 5.74) is 6.87. The van der Waals surface area contributed by atoms with Crippen LogP contribution < -0.4 is 5.32 Å². The largest absolute Gasteiger partial charge is 0.325 e. The van der Waals surface area contributed by atoms with Gasteiger partial charge < -0.3 is 5.32 Å². The second kappa shape index (κ2) is 7.75. The van der Waals surface area contributed by atoms with Crippen molar-refractivity contribution < 1.29 is 4.79 Å². The Morgan fingerprint density at radius 1 is 1.11 bits per heavy atom. The number of carbonyl (C=O) groups excluding carboxylic acids is 1. The van der Waals surface area contributed by atoms with Gasteiger partial charge in [0.15, 0.2) is 0 Å². The number of benzene rings is 2. The number of anilines is 1. The first-order chi connectivity index (χ1) is 13.5. The van der Waals surface area contributed by atoms with Gasteiger partial charge in [-0.25, -0.2) is 0 Å². The molecule has 0 saturated heterocycles. The second-order valence-corrected chi connectivity index (χ2v) is 8.54. The van der Waals surface area contributed by atoms with Crippen molar-refractivity contribution in [1.29, 1.82) is 0 Å². The third-order valence-electron chi connectivity index (χ3n) is 5.19. The van der Waals surface area contributed by atoms with Gasteiger partial charge >= 0.3 is 0 Å². The van der Waals surface area contributed by atoms with E-state index in [9.17, 15) is 4.79 Å². The lowest BCUT2D eigenvalue weighted by Gasteiger charge is -2.13. The van der Waals surface area contributed by atoms with Crippen LogP contribution in [-0.4, -0.2) is 31.4 Å². The van der Waals surface area contributed by atoms with Crippen LogP contribution in [-0.2, 0) is 17.6 Å². The number of aromatic nitrogens is 4. The van der Waals surface area contributed by atoms with Crippen LogP contribution in [0, 0.1) is 13.8 Å². The molecule has 3 aromatic rings. The van der Waals surface area contributed by atoms with Gasteiger partial charge in [0.25, 0.3) is 0 Å². The fourth-order valence-corrected chi connectivity index (χ4v) is 4.18. The molecule has 1 aliphatic carbocycles. The number of tetrazole rings is 1. The molecule has 0 unspecified atom stereocenters. The van der Waals surface area contributed by atoms with E-state index in [1.807, 2.05) is 31.2 Å². The van der Waals surface area contributed by atoms with Gasteiger partial charge in [-0.3, -0.25) is 4.79 Å². The molecule has 0 aliphatic heterocycles. The fourth-order valence-electron chi connectivity index (χ4n) is 3.38. The lowest BCUT2D eigenvalue weighted by Crippen LogP contribution is -2.23. The normalized spacial score (nSPS) is 14.0. The van der Waals surface area contributed by atoms with Crippen molar-refractivity contribution in [3.8, 4) is 5.69 Å². The summed E-state index contributed by atoms with van der Waals surface area (Å²) < 4.78 is 1.68. The number of nitrogens with zero attached hydrogens (tertiary/aromatic N) is 4. The highest BCUT2D eigenvalue weighted by Gasteiger charge is 2.20. The van der Waals surface area contributed by atoms with Crippen molar-refractivity contribution in [3.05, 3.63) is 58.7 Å². The molecule has 1 N–H and O–H groups in total. The van der Waals surface area contributed by atoms with Crippen LogP contribution in [0.5, 0.6) is 0 Å². The van der Waals surface area contributed by atoms with Gasteiger partial charge in [0.1, 0.15) is 0 Å². The lowest BCUT2D eigenvalue weighted by atomic mass is 10.1. The van der Waals surface area contributed by atoms with Gasteiger partial charge in [0, 0.05) is 5.69 Å². The average molecular weight is 394 g/mol. The van der Waals surface area contributed by atoms with E-state index in [1.165, 1.54) is 40.4 Å². The predicted molar refractivity (Wildman–Crippen MR) is 111 cm³/mol. The molecule has 28 heavy (non-hydrogen) atoms. The zero-order chi connectivity index (χ0) is 19.7. The van der Waals surface area contributed by atoms with Crippen LogP contribution in [0.1, 0.15) is 35.6 Å². The Kier molecular flexibility index (Phi) is 5.17. The van der Waals surface area contributed by atoms with Gasteiger partial charge in [-0.15, -0.1) is 5.10 Å². The predicted octanol–water partition coefficient (Wildman–Crippen LogP) is 3.89. The number of fused-ring (bicyclic) bond motifs is 1. The molecule has 2 aromatic carbocycles. The molecule has 1 aliphatic rings. The van der Waals surface area contributed by atoms with E-state index in [2.05, 4.69) is 46.8 Å². The second-order valence-electron chi connectivity index (χ2n) is 7.23. The SMILES string of the molecule is Cc1ccc(-n2nnnc2S[C@H](C)C(=O)Nc2ccc3c(c2)CCC3)cc1C. The number of thioether (sulfide) groups is 1. The quantitative estimate of drug-likeness (QED) is 0.666. The molecule has 1 atom stereocenters. The third kappa shape index (κ3) is 3.80. The molecule has 1 heterocycles. The zero-order valence-electron chi connectivity index (χ0n) is 16.3. The van der Waals surface area contributed by atoms with Gasteiger partial charge in [-0.05, 0) is 97.0 Å². The van der Waals surface area contributed by atoms with E-state index in [4.69, 9.17) is 0 Å². The molecule has 0 radical (unpaired) electrons. The zero-order valence-corrected chi connectivity index (χ0v) is 17.1. The Morgan fingerprint density at radius 3 is 2.75 bits per heavy atom. The van der Waals surface area contributed by atoms with Crippen molar-refractivity contribution >= 4 is 23.4 Å². The summed E-state index contributed by atoms with van der Waals surface area (Å²) in [6.45, 7) is 6.00. The first-order valence-corrected chi connectivity index (χ1v) is 10.3.